The molecule has 0 aromatic carbocycles. The molecule has 0 radical (unpaired) electrons. The second kappa shape index (κ2) is 4.84. The number of likely N-dealkylation sites (tertiary alicyclic amines) is 1. The van der Waals surface area contributed by atoms with Crippen molar-refractivity contribution in [1.82, 2.24) is 14.9 Å². The van der Waals surface area contributed by atoms with Gasteiger partial charge in [0.15, 0.2) is 0 Å². The third kappa shape index (κ3) is 2.63. The fraction of sp³-hybridized carbons (Fsp3) is 0.583. The molecular formula is C12H15F2N5O. The smallest absolute Gasteiger partial charge is 0.282 e. The van der Waals surface area contributed by atoms with Crippen LogP contribution in [-0.2, 0) is 4.79 Å². The zero-order valence-corrected chi connectivity index (χ0v) is 10.9. The second-order valence-corrected chi connectivity index (χ2v) is 5.06. The standard InChI is InChI=1S/C12H15F2N5O/c13-12(14)6-19(7-12)10-4-9(16-8-17-10)15-5-11(20)18-2-1-3-18/h4,8H,1-3,5-7H2,(H,15,16,17). The summed E-state index contributed by atoms with van der Waals surface area (Å²) < 4.78 is 25.6. The number of nitrogens with zero attached hydrogens (tertiary/aromatic N) is 4. The Balaban J connectivity index is 1.56. The summed E-state index contributed by atoms with van der Waals surface area (Å²) in [6.45, 7) is 1.12. The number of nitrogens with one attached hydrogen (secondary N) is 1. The van der Waals surface area contributed by atoms with E-state index in [0.717, 1.165) is 19.5 Å². The fourth-order valence-electron chi connectivity index (χ4n) is 2.13. The van der Waals surface area contributed by atoms with Crippen LogP contribution in [0.25, 0.3) is 0 Å². The minimum absolute atomic E-state index is 0.0203. The molecule has 0 bridgehead atoms. The molecule has 1 aromatic rings. The Labute approximate surface area is 114 Å². The van der Waals surface area contributed by atoms with E-state index in [-0.39, 0.29) is 25.5 Å². The predicted octanol–water partition coefficient (Wildman–Crippen LogP) is 0.576. The first-order chi connectivity index (χ1) is 9.53. The van der Waals surface area contributed by atoms with Gasteiger partial charge in [-0.15, -0.1) is 0 Å². The molecule has 0 unspecified atom stereocenters. The summed E-state index contributed by atoms with van der Waals surface area (Å²) >= 11 is 0. The molecule has 3 heterocycles. The van der Waals surface area contributed by atoms with Gasteiger partial charge in [-0.05, 0) is 6.42 Å². The van der Waals surface area contributed by atoms with Gasteiger partial charge in [0.2, 0.25) is 5.91 Å². The van der Waals surface area contributed by atoms with E-state index in [0.29, 0.717) is 11.6 Å². The molecular weight excluding hydrogens is 268 g/mol. The first-order valence-electron chi connectivity index (χ1n) is 6.50. The van der Waals surface area contributed by atoms with Gasteiger partial charge in [0, 0.05) is 19.2 Å². The summed E-state index contributed by atoms with van der Waals surface area (Å²) in [5.41, 5.74) is 0. The number of alkyl halides is 2. The molecule has 1 aromatic heterocycles. The minimum Gasteiger partial charge on any atom is -0.361 e. The van der Waals surface area contributed by atoms with Crippen LogP contribution in [0.4, 0.5) is 20.4 Å². The topological polar surface area (TPSA) is 61.4 Å². The highest BCUT2D eigenvalue weighted by Gasteiger charge is 2.44. The van der Waals surface area contributed by atoms with E-state index < -0.39 is 5.92 Å². The Morgan fingerprint density at radius 1 is 1.35 bits per heavy atom. The maximum atomic E-state index is 12.8. The maximum Gasteiger partial charge on any atom is 0.282 e. The van der Waals surface area contributed by atoms with E-state index >= 15 is 0 Å². The summed E-state index contributed by atoms with van der Waals surface area (Å²) in [5, 5.41) is 2.90. The Hall–Kier alpha value is -1.99. The monoisotopic (exact) mass is 283 g/mol. The van der Waals surface area contributed by atoms with Gasteiger partial charge in [0.05, 0.1) is 19.6 Å². The molecule has 2 saturated heterocycles. The van der Waals surface area contributed by atoms with Crippen LogP contribution in [0.2, 0.25) is 0 Å². The number of hydrogen-bond acceptors (Lipinski definition) is 5. The molecule has 6 nitrogen and oxygen atoms in total. The van der Waals surface area contributed by atoms with Crippen molar-refractivity contribution in [3.05, 3.63) is 12.4 Å². The van der Waals surface area contributed by atoms with Crippen LogP contribution in [0.1, 0.15) is 6.42 Å². The number of carbonyl (C=O) groups excluding carboxylic acids is 1. The maximum absolute atomic E-state index is 12.8. The van der Waals surface area contributed by atoms with Gasteiger partial charge in [-0.2, -0.15) is 0 Å². The van der Waals surface area contributed by atoms with Crippen molar-refractivity contribution in [2.75, 3.05) is 42.9 Å². The number of carbonyl (C=O) groups is 1. The van der Waals surface area contributed by atoms with Crippen LogP contribution < -0.4 is 10.2 Å². The average Bonchev–Trinajstić information content (AvgIpc) is 2.31. The molecule has 0 spiro atoms. The Morgan fingerprint density at radius 3 is 2.70 bits per heavy atom. The highest BCUT2D eigenvalue weighted by atomic mass is 19.3. The summed E-state index contributed by atoms with van der Waals surface area (Å²) in [5.74, 6) is -1.69. The van der Waals surface area contributed by atoms with Gasteiger partial charge >= 0.3 is 0 Å². The van der Waals surface area contributed by atoms with Gasteiger partial charge < -0.3 is 15.1 Å². The molecule has 20 heavy (non-hydrogen) atoms. The van der Waals surface area contributed by atoms with Crippen molar-refractivity contribution < 1.29 is 13.6 Å². The van der Waals surface area contributed by atoms with Crippen LogP contribution >= 0.6 is 0 Å². The number of amides is 1. The Kier molecular flexibility index (Phi) is 3.15. The van der Waals surface area contributed by atoms with Gasteiger partial charge in [0.1, 0.15) is 18.0 Å². The lowest BCUT2D eigenvalue weighted by atomic mass is 10.1. The lowest BCUT2D eigenvalue weighted by Crippen LogP contribution is -2.56. The van der Waals surface area contributed by atoms with Gasteiger partial charge in [-0.25, -0.2) is 18.7 Å². The highest BCUT2D eigenvalue weighted by Crippen LogP contribution is 2.30. The van der Waals surface area contributed by atoms with Crippen molar-refractivity contribution >= 4 is 17.5 Å². The van der Waals surface area contributed by atoms with Crippen molar-refractivity contribution in [2.24, 2.45) is 0 Å². The SMILES string of the molecule is O=C(CNc1cc(N2CC(F)(F)C2)ncn1)N1CCC1. The predicted molar refractivity (Wildman–Crippen MR) is 68.9 cm³/mol. The third-order valence-corrected chi connectivity index (χ3v) is 3.45. The molecule has 0 aliphatic carbocycles. The van der Waals surface area contributed by atoms with Crippen molar-refractivity contribution in [3.63, 3.8) is 0 Å². The van der Waals surface area contributed by atoms with Crippen LogP contribution in [0, 0.1) is 0 Å². The second-order valence-electron chi connectivity index (χ2n) is 5.06. The highest BCUT2D eigenvalue weighted by molar-refractivity contribution is 5.81. The summed E-state index contributed by atoms with van der Waals surface area (Å²) in [6, 6.07) is 1.58. The molecule has 2 aliphatic rings. The zero-order valence-electron chi connectivity index (χ0n) is 10.9. The number of aromatic nitrogens is 2. The third-order valence-electron chi connectivity index (χ3n) is 3.45. The molecule has 108 valence electrons. The van der Waals surface area contributed by atoms with Gasteiger partial charge in [-0.3, -0.25) is 4.79 Å². The van der Waals surface area contributed by atoms with Crippen LogP contribution in [0.3, 0.4) is 0 Å². The number of rotatable bonds is 4. The van der Waals surface area contributed by atoms with E-state index in [1.807, 2.05) is 0 Å². The average molecular weight is 283 g/mol. The first-order valence-corrected chi connectivity index (χ1v) is 6.50. The lowest BCUT2D eigenvalue weighted by molar-refractivity contribution is -0.132. The Morgan fingerprint density at radius 2 is 2.10 bits per heavy atom. The van der Waals surface area contributed by atoms with E-state index in [2.05, 4.69) is 15.3 Å². The molecule has 8 heteroatoms. The van der Waals surface area contributed by atoms with E-state index in [1.165, 1.54) is 11.2 Å². The molecule has 0 saturated carbocycles. The molecule has 2 aliphatic heterocycles. The number of anilines is 2. The zero-order chi connectivity index (χ0) is 14.2. The van der Waals surface area contributed by atoms with Gasteiger partial charge in [0.25, 0.3) is 5.92 Å². The normalized spacial score (nSPS) is 20.1. The van der Waals surface area contributed by atoms with Crippen LogP contribution in [0.15, 0.2) is 12.4 Å². The minimum atomic E-state index is -2.63. The molecule has 0 atom stereocenters. The quantitative estimate of drug-likeness (QED) is 0.875. The summed E-state index contributed by atoms with van der Waals surface area (Å²) in [4.78, 5) is 22.9. The van der Waals surface area contributed by atoms with Crippen molar-refractivity contribution in [1.29, 1.82) is 0 Å². The van der Waals surface area contributed by atoms with Crippen LogP contribution in [-0.4, -0.2) is 59.4 Å². The molecule has 1 N–H and O–H groups in total. The van der Waals surface area contributed by atoms with Crippen molar-refractivity contribution in [3.8, 4) is 0 Å². The van der Waals surface area contributed by atoms with Crippen LogP contribution in [0.5, 0.6) is 0 Å². The van der Waals surface area contributed by atoms with Gasteiger partial charge in [-0.1, -0.05) is 0 Å². The summed E-state index contributed by atoms with van der Waals surface area (Å²) in [6.07, 6.45) is 2.36. The summed E-state index contributed by atoms with van der Waals surface area (Å²) in [7, 11) is 0. The number of halogens is 2. The molecule has 3 rings (SSSR count). The first kappa shape index (κ1) is 13.0. The Bertz CT molecular complexity index is 512. The largest absolute Gasteiger partial charge is 0.361 e. The fourth-order valence-corrected chi connectivity index (χ4v) is 2.13. The van der Waals surface area contributed by atoms with Crippen molar-refractivity contribution in [2.45, 2.75) is 12.3 Å². The molecule has 1 amide bonds. The van der Waals surface area contributed by atoms with E-state index in [9.17, 15) is 13.6 Å². The lowest BCUT2D eigenvalue weighted by Gasteiger charge is -2.39. The molecule has 2 fully saturated rings. The van der Waals surface area contributed by atoms with E-state index in [4.69, 9.17) is 0 Å². The van der Waals surface area contributed by atoms with E-state index in [1.54, 1.807) is 11.0 Å². The number of hydrogen-bond donors (Lipinski definition) is 1.